The van der Waals surface area contributed by atoms with E-state index in [9.17, 15) is 4.79 Å². The highest BCUT2D eigenvalue weighted by Gasteiger charge is 2.52. The molecule has 0 aromatic carbocycles. The molecule has 3 atom stereocenters. The van der Waals surface area contributed by atoms with E-state index in [-0.39, 0.29) is 23.3 Å². The van der Waals surface area contributed by atoms with E-state index in [2.05, 4.69) is 28.7 Å². The van der Waals surface area contributed by atoms with Crippen LogP contribution in [0.15, 0.2) is 36.0 Å². The van der Waals surface area contributed by atoms with Crippen LogP contribution in [0.5, 0.6) is 0 Å². The Bertz CT molecular complexity index is 698. The number of Topliss-reactive ketones (excluding diaryl/α,β-unsaturated/α-hetero) is 1. The average Bonchev–Trinajstić information content (AvgIpc) is 3.14. The number of carbonyl (C=O) groups is 1. The second-order valence-electron chi connectivity index (χ2n) is 7.42. The number of aromatic nitrogens is 2. The minimum absolute atomic E-state index is 0.0520. The highest BCUT2D eigenvalue weighted by molar-refractivity contribution is 7.09. The van der Waals surface area contributed by atoms with Crippen LogP contribution >= 0.6 is 11.3 Å². The molecular weight excluding hydrogens is 306 g/mol. The number of anilines is 1. The quantitative estimate of drug-likeness (QED) is 0.847. The molecule has 0 spiro atoms. The lowest BCUT2D eigenvalue weighted by Gasteiger charge is -2.40. The molecule has 3 unspecified atom stereocenters. The average molecular weight is 327 g/mol. The minimum atomic E-state index is 0.0520. The van der Waals surface area contributed by atoms with Crippen molar-refractivity contribution in [1.82, 2.24) is 9.97 Å². The molecule has 4 nitrogen and oxygen atoms in total. The molecule has 1 aliphatic carbocycles. The summed E-state index contributed by atoms with van der Waals surface area (Å²) in [6.45, 7) is 5.24. The first-order valence-electron chi connectivity index (χ1n) is 8.15. The zero-order valence-corrected chi connectivity index (χ0v) is 14.3. The molecule has 2 aliphatic rings. The van der Waals surface area contributed by atoms with E-state index in [1.54, 1.807) is 11.3 Å². The van der Waals surface area contributed by atoms with Gasteiger partial charge in [-0.05, 0) is 24.0 Å². The molecule has 0 amide bonds. The van der Waals surface area contributed by atoms with Gasteiger partial charge in [-0.1, -0.05) is 19.9 Å². The van der Waals surface area contributed by atoms with Gasteiger partial charge in [0, 0.05) is 48.6 Å². The lowest BCUT2D eigenvalue weighted by molar-refractivity contribution is -0.128. The molecule has 2 aromatic rings. The Kier molecular flexibility index (Phi) is 3.48. The van der Waals surface area contributed by atoms with E-state index >= 15 is 0 Å². The Morgan fingerprint density at radius 3 is 2.83 bits per heavy atom. The molecule has 2 aromatic heterocycles. The third-order valence-electron chi connectivity index (χ3n) is 5.14. The summed E-state index contributed by atoms with van der Waals surface area (Å²) in [7, 11) is 0. The molecule has 3 heterocycles. The lowest BCUT2D eigenvalue weighted by atomic mass is 9.68. The summed E-state index contributed by atoms with van der Waals surface area (Å²) in [5.41, 5.74) is 0.0586. The highest BCUT2D eigenvalue weighted by atomic mass is 32.1. The van der Waals surface area contributed by atoms with Crippen LogP contribution in [-0.2, 0) is 4.79 Å². The van der Waals surface area contributed by atoms with Crippen molar-refractivity contribution in [2.24, 2.45) is 11.3 Å². The van der Waals surface area contributed by atoms with Crippen LogP contribution in [0.25, 0.3) is 0 Å². The van der Waals surface area contributed by atoms with Gasteiger partial charge in [-0.15, -0.1) is 11.3 Å². The maximum absolute atomic E-state index is 12.9. The topological polar surface area (TPSA) is 46.1 Å². The Morgan fingerprint density at radius 1 is 1.26 bits per heavy atom. The molecular formula is C18H21N3OS. The molecule has 1 aliphatic heterocycles. The van der Waals surface area contributed by atoms with Crippen molar-refractivity contribution in [3.05, 3.63) is 41.0 Å². The highest BCUT2D eigenvalue weighted by Crippen LogP contribution is 2.49. The van der Waals surface area contributed by atoms with E-state index in [1.807, 2.05) is 36.0 Å². The van der Waals surface area contributed by atoms with Gasteiger partial charge in [0.2, 0.25) is 0 Å². The SMILES string of the molecule is CC1(C)CC(=O)C2C(c3nccs3)CN(c3ccccn3)C2C1. The summed E-state index contributed by atoms with van der Waals surface area (Å²) in [6.07, 6.45) is 5.38. The Balaban J connectivity index is 1.75. The predicted molar refractivity (Wildman–Crippen MR) is 91.7 cm³/mol. The predicted octanol–water partition coefficient (Wildman–Crippen LogP) is 3.52. The van der Waals surface area contributed by atoms with Crippen molar-refractivity contribution < 1.29 is 4.79 Å². The van der Waals surface area contributed by atoms with Crippen LogP contribution in [0.3, 0.4) is 0 Å². The molecule has 1 saturated heterocycles. The second kappa shape index (κ2) is 5.41. The third-order valence-corrected chi connectivity index (χ3v) is 6.05. The molecule has 0 bridgehead atoms. The van der Waals surface area contributed by atoms with Crippen molar-refractivity contribution in [3.8, 4) is 0 Å². The molecule has 0 radical (unpaired) electrons. The molecule has 23 heavy (non-hydrogen) atoms. The summed E-state index contributed by atoms with van der Waals surface area (Å²) in [6, 6.07) is 6.23. The molecule has 4 rings (SSSR count). The van der Waals surface area contributed by atoms with E-state index in [0.29, 0.717) is 12.2 Å². The Morgan fingerprint density at radius 2 is 2.13 bits per heavy atom. The molecule has 2 fully saturated rings. The van der Waals surface area contributed by atoms with Gasteiger partial charge in [-0.25, -0.2) is 9.97 Å². The summed E-state index contributed by atoms with van der Waals surface area (Å²) < 4.78 is 0. The number of pyridine rings is 1. The van der Waals surface area contributed by atoms with Gasteiger partial charge < -0.3 is 4.90 Å². The fourth-order valence-corrected chi connectivity index (χ4v) is 5.04. The van der Waals surface area contributed by atoms with Crippen LogP contribution in [0.1, 0.15) is 37.6 Å². The number of nitrogens with zero attached hydrogens (tertiary/aromatic N) is 3. The normalized spacial score (nSPS) is 29.6. The zero-order chi connectivity index (χ0) is 16.0. The van der Waals surface area contributed by atoms with Crippen LogP contribution in [0.2, 0.25) is 0 Å². The van der Waals surface area contributed by atoms with E-state index in [4.69, 9.17) is 0 Å². The van der Waals surface area contributed by atoms with Gasteiger partial charge in [0.05, 0.1) is 5.01 Å². The number of fused-ring (bicyclic) bond motifs is 1. The third kappa shape index (κ3) is 2.57. The van der Waals surface area contributed by atoms with Crippen molar-refractivity contribution in [2.75, 3.05) is 11.4 Å². The molecule has 120 valence electrons. The second-order valence-corrected chi connectivity index (χ2v) is 8.35. The largest absolute Gasteiger partial charge is 0.352 e. The number of thiazole rings is 1. The molecule has 1 saturated carbocycles. The van der Waals surface area contributed by atoms with Gasteiger partial charge in [0.15, 0.2) is 0 Å². The first-order valence-corrected chi connectivity index (χ1v) is 9.03. The maximum atomic E-state index is 12.9. The van der Waals surface area contributed by atoms with Gasteiger partial charge in [0.25, 0.3) is 0 Å². The van der Waals surface area contributed by atoms with Gasteiger partial charge in [-0.3, -0.25) is 4.79 Å². The lowest BCUT2D eigenvalue weighted by Crippen LogP contribution is -2.45. The Labute approximate surface area is 140 Å². The van der Waals surface area contributed by atoms with Crippen LogP contribution in [-0.4, -0.2) is 28.3 Å². The minimum Gasteiger partial charge on any atom is -0.352 e. The van der Waals surface area contributed by atoms with E-state index < -0.39 is 0 Å². The van der Waals surface area contributed by atoms with Gasteiger partial charge in [-0.2, -0.15) is 0 Å². The van der Waals surface area contributed by atoms with Crippen molar-refractivity contribution >= 4 is 22.9 Å². The summed E-state index contributed by atoms with van der Waals surface area (Å²) in [5.74, 6) is 1.62. The monoisotopic (exact) mass is 327 g/mol. The number of rotatable bonds is 2. The Hall–Kier alpha value is -1.75. The summed E-state index contributed by atoms with van der Waals surface area (Å²) in [4.78, 5) is 24.3. The van der Waals surface area contributed by atoms with Crippen molar-refractivity contribution in [1.29, 1.82) is 0 Å². The number of hydrogen-bond acceptors (Lipinski definition) is 5. The van der Waals surface area contributed by atoms with Gasteiger partial charge in [0.1, 0.15) is 11.6 Å². The van der Waals surface area contributed by atoms with E-state index in [0.717, 1.165) is 23.8 Å². The smallest absolute Gasteiger partial charge is 0.139 e. The standard InChI is InChI=1S/C18H21N3OS/c1-18(2)9-13-16(14(22)10-18)12(17-20-7-8-23-17)11-21(13)15-5-3-4-6-19-15/h3-8,12-13,16H,9-11H2,1-2H3. The van der Waals surface area contributed by atoms with Gasteiger partial charge >= 0.3 is 0 Å². The molecule has 0 N–H and O–H groups in total. The van der Waals surface area contributed by atoms with Crippen LogP contribution in [0.4, 0.5) is 5.82 Å². The van der Waals surface area contributed by atoms with E-state index in [1.165, 1.54) is 0 Å². The maximum Gasteiger partial charge on any atom is 0.139 e. The van der Waals surface area contributed by atoms with Crippen molar-refractivity contribution in [2.45, 2.75) is 38.6 Å². The fraction of sp³-hybridized carbons (Fsp3) is 0.500. The number of ketones is 1. The zero-order valence-electron chi connectivity index (χ0n) is 13.5. The fourth-order valence-electron chi connectivity index (χ4n) is 4.26. The first kappa shape index (κ1) is 14.8. The summed E-state index contributed by atoms with van der Waals surface area (Å²) in [5, 5.41) is 3.09. The molecule has 5 heteroatoms. The number of carbonyl (C=O) groups excluding carboxylic acids is 1. The number of hydrogen-bond donors (Lipinski definition) is 0. The first-order chi connectivity index (χ1) is 11.1. The van der Waals surface area contributed by atoms with Crippen LogP contribution in [0, 0.1) is 11.3 Å². The van der Waals surface area contributed by atoms with Crippen LogP contribution < -0.4 is 4.90 Å². The summed E-state index contributed by atoms with van der Waals surface area (Å²) >= 11 is 1.66. The van der Waals surface area contributed by atoms with Crippen molar-refractivity contribution in [3.63, 3.8) is 0 Å².